The van der Waals surface area contributed by atoms with Gasteiger partial charge in [-0.25, -0.2) is 4.21 Å². The number of amides is 1. The van der Waals surface area contributed by atoms with E-state index < -0.39 is 27.7 Å². The minimum Gasteiger partial charge on any atom is -0.406 e. The summed E-state index contributed by atoms with van der Waals surface area (Å²) < 4.78 is 56.0. The Morgan fingerprint density at radius 1 is 1.04 bits per heavy atom. The first-order valence-electron chi connectivity index (χ1n) is 6.35. The van der Waals surface area contributed by atoms with E-state index in [1.54, 1.807) is 30.3 Å². The van der Waals surface area contributed by atoms with Gasteiger partial charge < -0.3 is 4.74 Å². The summed E-state index contributed by atoms with van der Waals surface area (Å²) in [7, 11) is -2.93. The van der Waals surface area contributed by atoms with Gasteiger partial charge in [0, 0.05) is 16.7 Å². The predicted octanol–water partition coefficient (Wildman–Crippen LogP) is 3.88. The number of carbonyl (C=O) groups excluding carboxylic acids is 1. The number of nitrogens with zero attached hydrogens (tertiary/aromatic N) is 1. The van der Waals surface area contributed by atoms with Crippen molar-refractivity contribution in [2.75, 3.05) is 6.26 Å². The summed E-state index contributed by atoms with van der Waals surface area (Å²) in [5, 5.41) is 0. The van der Waals surface area contributed by atoms with Gasteiger partial charge in [-0.3, -0.25) is 4.79 Å². The molecule has 2 rings (SSSR count). The molecule has 0 saturated heterocycles. The molecule has 0 bridgehead atoms. The molecule has 0 fully saturated rings. The van der Waals surface area contributed by atoms with Crippen LogP contribution < -0.4 is 4.74 Å². The van der Waals surface area contributed by atoms with Crippen molar-refractivity contribution in [1.82, 2.24) is 0 Å². The number of ether oxygens (including phenoxy) is 1. The number of alkyl halides is 3. The van der Waals surface area contributed by atoms with E-state index in [2.05, 4.69) is 9.10 Å². The molecule has 0 unspecified atom stereocenters. The van der Waals surface area contributed by atoms with E-state index in [1.807, 2.05) is 0 Å². The molecule has 2 aromatic carbocycles. The highest BCUT2D eigenvalue weighted by molar-refractivity contribution is 7.93. The van der Waals surface area contributed by atoms with Gasteiger partial charge in [0.15, 0.2) is 0 Å². The van der Waals surface area contributed by atoms with E-state index in [9.17, 15) is 22.2 Å². The van der Waals surface area contributed by atoms with Gasteiger partial charge in [-0.05, 0) is 36.4 Å². The van der Waals surface area contributed by atoms with Gasteiger partial charge in [0.25, 0.3) is 5.91 Å². The molecule has 0 aliphatic rings. The fraction of sp³-hybridized carbons (Fsp3) is 0.133. The summed E-state index contributed by atoms with van der Waals surface area (Å²) in [6.07, 6.45) is -3.48. The molecule has 4 nitrogen and oxygen atoms in total. The maximum Gasteiger partial charge on any atom is 0.573 e. The highest BCUT2D eigenvalue weighted by Crippen LogP contribution is 2.23. The maximum atomic E-state index is 12.5. The largest absolute Gasteiger partial charge is 0.573 e. The van der Waals surface area contributed by atoms with Gasteiger partial charge >= 0.3 is 6.36 Å². The van der Waals surface area contributed by atoms with Crippen LogP contribution in [-0.2, 0) is 9.73 Å². The fourth-order valence-electron chi connectivity index (χ4n) is 1.74. The average molecular weight is 343 g/mol. The van der Waals surface area contributed by atoms with Crippen molar-refractivity contribution in [3.63, 3.8) is 0 Å². The molecule has 0 aliphatic carbocycles. The maximum absolute atomic E-state index is 12.5. The number of rotatable bonds is 3. The molecule has 0 N–H and O–H groups in total. The Morgan fingerprint density at radius 2 is 1.61 bits per heavy atom. The molecule has 0 heterocycles. The number of benzene rings is 2. The summed E-state index contributed by atoms with van der Waals surface area (Å²) in [6.45, 7) is 0. The van der Waals surface area contributed by atoms with Gasteiger partial charge in [0.05, 0.1) is 9.73 Å². The normalized spacial score (nSPS) is 13.9. The minimum absolute atomic E-state index is 0.0185. The molecular formula is C15H12F3NO3S. The second-order valence-electron chi connectivity index (χ2n) is 4.58. The van der Waals surface area contributed by atoms with Crippen LogP contribution >= 0.6 is 0 Å². The first kappa shape index (κ1) is 17.0. The summed E-state index contributed by atoms with van der Waals surface area (Å²) in [4.78, 5) is 12.4. The molecule has 2 aromatic rings. The molecule has 1 amide bonds. The van der Waals surface area contributed by atoms with Crippen molar-refractivity contribution in [2.45, 2.75) is 11.3 Å². The van der Waals surface area contributed by atoms with E-state index in [0.29, 0.717) is 4.90 Å². The van der Waals surface area contributed by atoms with E-state index in [-0.39, 0.29) is 5.56 Å². The zero-order chi connectivity index (χ0) is 17.1. The van der Waals surface area contributed by atoms with Gasteiger partial charge in [0.1, 0.15) is 5.75 Å². The lowest BCUT2D eigenvalue weighted by Gasteiger charge is -2.08. The third kappa shape index (κ3) is 4.82. The summed E-state index contributed by atoms with van der Waals surface area (Å²) in [5.41, 5.74) is 0.0185. The lowest BCUT2D eigenvalue weighted by molar-refractivity contribution is -0.274. The third-order valence-corrected chi connectivity index (χ3v) is 4.43. The van der Waals surface area contributed by atoms with Crippen molar-refractivity contribution in [1.29, 1.82) is 0 Å². The summed E-state index contributed by atoms with van der Waals surface area (Å²) in [5.74, 6) is -1.23. The zero-order valence-electron chi connectivity index (χ0n) is 11.9. The first-order valence-corrected chi connectivity index (χ1v) is 8.27. The fourth-order valence-corrected chi connectivity index (χ4v) is 2.93. The van der Waals surface area contributed by atoms with E-state index in [4.69, 9.17) is 0 Å². The molecule has 1 atom stereocenters. The smallest absolute Gasteiger partial charge is 0.406 e. The number of carbonyl (C=O) groups is 1. The van der Waals surface area contributed by atoms with Crippen LogP contribution in [0.1, 0.15) is 10.4 Å². The lowest BCUT2D eigenvalue weighted by atomic mass is 10.2. The Bertz CT molecular complexity index is 808. The predicted molar refractivity (Wildman–Crippen MR) is 78.7 cm³/mol. The Kier molecular flexibility index (Phi) is 4.74. The van der Waals surface area contributed by atoms with Gasteiger partial charge in [0.2, 0.25) is 0 Å². The average Bonchev–Trinajstić information content (AvgIpc) is 2.47. The summed E-state index contributed by atoms with van der Waals surface area (Å²) in [6, 6.07) is 12.5. The number of hydrogen-bond acceptors (Lipinski definition) is 3. The van der Waals surface area contributed by atoms with Crippen molar-refractivity contribution < 1.29 is 26.9 Å². The highest BCUT2D eigenvalue weighted by atomic mass is 32.2. The van der Waals surface area contributed by atoms with Crippen LogP contribution in [0.3, 0.4) is 0 Å². The van der Waals surface area contributed by atoms with Crippen molar-refractivity contribution in [2.24, 2.45) is 4.36 Å². The van der Waals surface area contributed by atoms with Crippen LogP contribution in [-0.4, -0.2) is 22.7 Å². The molecule has 0 spiro atoms. The van der Waals surface area contributed by atoms with Crippen molar-refractivity contribution in [3.05, 3.63) is 60.2 Å². The Hall–Kier alpha value is -2.35. The molecule has 8 heteroatoms. The SMILES string of the molecule is C[S@@](=O)(=NC(=O)c1ccc(OC(F)(F)F)cc1)c1ccccc1. The van der Waals surface area contributed by atoms with Crippen LogP contribution in [0, 0.1) is 0 Å². The Balaban J connectivity index is 2.24. The van der Waals surface area contributed by atoms with Crippen LogP contribution in [0.25, 0.3) is 0 Å². The summed E-state index contributed by atoms with van der Waals surface area (Å²) >= 11 is 0. The molecule has 0 aromatic heterocycles. The van der Waals surface area contributed by atoms with Crippen molar-refractivity contribution in [3.8, 4) is 5.75 Å². The van der Waals surface area contributed by atoms with Crippen LogP contribution in [0.4, 0.5) is 13.2 Å². The van der Waals surface area contributed by atoms with Crippen LogP contribution in [0.2, 0.25) is 0 Å². The highest BCUT2D eigenvalue weighted by Gasteiger charge is 2.31. The van der Waals surface area contributed by atoms with Crippen molar-refractivity contribution >= 4 is 15.6 Å². The second-order valence-corrected chi connectivity index (χ2v) is 6.84. The van der Waals surface area contributed by atoms with Gasteiger partial charge in [-0.2, -0.15) is 4.36 Å². The van der Waals surface area contributed by atoms with E-state index >= 15 is 0 Å². The zero-order valence-corrected chi connectivity index (χ0v) is 12.7. The quantitative estimate of drug-likeness (QED) is 0.850. The number of halogens is 3. The molecule has 23 heavy (non-hydrogen) atoms. The molecular weight excluding hydrogens is 331 g/mol. The molecule has 122 valence electrons. The molecule has 0 aliphatic heterocycles. The second kappa shape index (κ2) is 6.41. The van der Waals surface area contributed by atoms with Gasteiger partial charge in [-0.1, -0.05) is 18.2 Å². The first-order chi connectivity index (χ1) is 10.7. The lowest BCUT2D eigenvalue weighted by Crippen LogP contribution is -2.17. The standard InChI is InChI=1S/C15H12F3NO3S/c1-23(21,13-5-3-2-4-6-13)19-14(20)11-7-9-12(10-8-11)22-15(16,17)18/h2-10H,1H3/t23-/m0/s1. The minimum atomic E-state index is -4.80. The molecule has 0 radical (unpaired) electrons. The van der Waals surface area contributed by atoms with E-state index in [1.165, 1.54) is 6.26 Å². The Morgan fingerprint density at radius 3 is 2.13 bits per heavy atom. The number of hydrogen-bond donors (Lipinski definition) is 0. The van der Waals surface area contributed by atoms with Crippen LogP contribution in [0.5, 0.6) is 5.75 Å². The van der Waals surface area contributed by atoms with E-state index in [0.717, 1.165) is 24.3 Å². The topological polar surface area (TPSA) is 55.7 Å². The van der Waals surface area contributed by atoms with Gasteiger partial charge in [-0.15, -0.1) is 13.2 Å². The third-order valence-electron chi connectivity index (χ3n) is 2.77. The monoisotopic (exact) mass is 343 g/mol. The van der Waals surface area contributed by atoms with Crippen LogP contribution in [0.15, 0.2) is 63.9 Å². The molecule has 0 saturated carbocycles. The Labute approximate surface area is 131 Å².